The summed E-state index contributed by atoms with van der Waals surface area (Å²) in [6, 6.07) is 18.1. The molecule has 2 aromatic rings. The number of alkyl halides is 2. The molecule has 194 valence electrons. The summed E-state index contributed by atoms with van der Waals surface area (Å²) < 4.78 is 10.7. The first-order valence-corrected chi connectivity index (χ1v) is 13.3. The minimum atomic E-state index is -0.426. The van der Waals surface area contributed by atoms with Crippen LogP contribution in [-0.2, 0) is 27.3 Å². The molecule has 1 aliphatic carbocycles. The van der Waals surface area contributed by atoms with Crippen LogP contribution in [0.5, 0.6) is 5.75 Å². The highest BCUT2D eigenvalue weighted by Gasteiger charge is 2.55. The molecule has 0 radical (unpaired) electrons. The molecule has 7 heteroatoms. The highest BCUT2D eigenvalue weighted by Crippen LogP contribution is 2.48. The van der Waals surface area contributed by atoms with Gasteiger partial charge in [-0.15, -0.1) is 23.2 Å². The van der Waals surface area contributed by atoms with E-state index in [1.807, 2.05) is 54.3 Å². The molecule has 1 amide bonds. The van der Waals surface area contributed by atoms with Gasteiger partial charge in [0.15, 0.2) is 0 Å². The average molecular weight is 533 g/mol. The fraction of sp³-hybridized carbons (Fsp3) is 0.448. The van der Waals surface area contributed by atoms with E-state index in [9.17, 15) is 9.59 Å². The van der Waals surface area contributed by atoms with Gasteiger partial charge in [-0.1, -0.05) is 53.6 Å². The van der Waals surface area contributed by atoms with Gasteiger partial charge >= 0.3 is 5.97 Å². The lowest BCUT2D eigenvalue weighted by atomic mass is 9.68. The van der Waals surface area contributed by atoms with Gasteiger partial charge in [-0.25, -0.2) is 0 Å². The van der Waals surface area contributed by atoms with Gasteiger partial charge in [0, 0.05) is 18.5 Å². The third-order valence-corrected chi connectivity index (χ3v) is 7.29. The zero-order valence-corrected chi connectivity index (χ0v) is 22.9. The Morgan fingerprint density at radius 3 is 2.22 bits per heavy atom. The number of carbonyl (C=O) groups is 2. The molecule has 1 heterocycles. The Labute approximate surface area is 224 Å². The summed E-state index contributed by atoms with van der Waals surface area (Å²) in [6.07, 6.45) is 1.34. The minimum absolute atomic E-state index is 0.000824. The molecule has 0 spiro atoms. The van der Waals surface area contributed by atoms with Crippen LogP contribution in [0.4, 0.5) is 0 Å². The number of allylic oxidation sites excluding steroid dienone is 1. The molecule has 1 saturated heterocycles. The van der Waals surface area contributed by atoms with E-state index in [-0.39, 0.29) is 35.1 Å². The molecule has 0 unspecified atom stereocenters. The number of methoxy groups -OCH3 is 1. The first kappa shape index (κ1) is 28.1. The first-order valence-electron chi connectivity index (χ1n) is 12.3. The summed E-state index contributed by atoms with van der Waals surface area (Å²) >= 11 is 9.53. The van der Waals surface area contributed by atoms with Crippen LogP contribution in [0.2, 0.25) is 0 Å². The highest BCUT2D eigenvalue weighted by molar-refractivity contribution is 6.40. The first-order chi connectivity index (χ1) is 17.4. The van der Waals surface area contributed by atoms with E-state index in [2.05, 4.69) is 26.0 Å². The Hall–Kier alpha value is -2.50. The van der Waals surface area contributed by atoms with Crippen molar-refractivity contribution >= 4 is 35.1 Å². The Kier molecular flexibility index (Phi) is 10.3. The number of carbonyl (C=O) groups excluding carboxylic acids is 2. The highest BCUT2D eigenvalue weighted by atomic mass is 35.5. The number of esters is 1. The second-order valence-corrected chi connectivity index (χ2v) is 10.1. The number of fused-ring (bicyclic) bond motifs is 1. The second kappa shape index (κ2) is 13.2. The van der Waals surface area contributed by atoms with E-state index in [0.29, 0.717) is 19.6 Å². The van der Waals surface area contributed by atoms with Gasteiger partial charge in [0.05, 0.1) is 30.9 Å². The number of amides is 1. The zero-order chi connectivity index (χ0) is 26.2. The third-order valence-electron chi connectivity index (χ3n) is 7.29. The molecule has 0 bridgehead atoms. The quantitative estimate of drug-likeness (QED) is 0.241. The summed E-state index contributed by atoms with van der Waals surface area (Å²) in [5, 5.41) is 0.194. The third kappa shape index (κ3) is 6.24. The largest absolute Gasteiger partial charge is 0.497 e. The number of nitrogens with zero attached hydrogens (tertiary/aromatic N) is 1. The van der Waals surface area contributed by atoms with E-state index in [1.165, 1.54) is 16.7 Å². The van der Waals surface area contributed by atoms with Crippen molar-refractivity contribution in [2.75, 3.05) is 19.1 Å². The van der Waals surface area contributed by atoms with Crippen LogP contribution in [0.1, 0.15) is 38.3 Å². The molecule has 4 atom stereocenters. The van der Waals surface area contributed by atoms with Crippen molar-refractivity contribution in [3.63, 3.8) is 0 Å². The summed E-state index contributed by atoms with van der Waals surface area (Å²) in [5.41, 5.74) is 4.69. The van der Waals surface area contributed by atoms with Crippen LogP contribution < -0.4 is 4.74 Å². The molecular weight excluding hydrogens is 497 g/mol. The van der Waals surface area contributed by atoms with Crippen LogP contribution in [0.25, 0.3) is 0 Å². The van der Waals surface area contributed by atoms with E-state index in [0.717, 1.165) is 17.7 Å². The number of ether oxygens (including phenoxy) is 2. The molecule has 4 rings (SSSR count). The van der Waals surface area contributed by atoms with Gasteiger partial charge in [0.25, 0.3) is 0 Å². The van der Waals surface area contributed by atoms with Crippen LogP contribution >= 0.6 is 23.2 Å². The van der Waals surface area contributed by atoms with E-state index in [1.54, 1.807) is 7.11 Å². The predicted molar refractivity (Wildman–Crippen MR) is 144 cm³/mol. The van der Waals surface area contributed by atoms with Crippen molar-refractivity contribution in [1.82, 2.24) is 4.90 Å². The van der Waals surface area contributed by atoms with Gasteiger partial charge < -0.3 is 14.4 Å². The fourth-order valence-electron chi connectivity index (χ4n) is 5.52. The molecule has 5 nitrogen and oxygen atoms in total. The lowest BCUT2D eigenvalue weighted by Crippen LogP contribution is -2.38. The Bertz CT molecular complexity index is 1050. The maximum atomic E-state index is 13.9. The van der Waals surface area contributed by atoms with Gasteiger partial charge in [0.2, 0.25) is 5.91 Å². The molecular formula is C29H35Cl2NO4. The second-order valence-electron chi connectivity index (χ2n) is 9.25. The van der Waals surface area contributed by atoms with Crippen molar-refractivity contribution in [2.24, 2.45) is 17.8 Å². The van der Waals surface area contributed by atoms with Crippen molar-refractivity contribution in [3.8, 4) is 5.75 Å². The summed E-state index contributed by atoms with van der Waals surface area (Å²) in [6.45, 7) is 6.88. The number of benzene rings is 2. The van der Waals surface area contributed by atoms with Crippen molar-refractivity contribution in [3.05, 3.63) is 76.9 Å². The summed E-state index contributed by atoms with van der Waals surface area (Å²) in [7, 11) is 1.65. The monoisotopic (exact) mass is 531 g/mol. The van der Waals surface area contributed by atoms with Crippen molar-refractivity contribution in [1.29, 1.82) is 0 Å². The van der Waals surface area contributed by atoms with Crippen LogP contribution in [0.3, 0.4) is 0 Å². The lowest BCUT2D eigenvalue weighted by Gasteiger charge is -2.35. The number of hydrogen-bond donors (Lipinski definition) is 0. The average Bonchev–Trinajstić information content (AvgIpc) is 3.14. The van der Waals surface area contributed by atoms with Crippen molar-refractivity contribution in [2.45, 2.75) is 46.2 Å². The number of halogens is 2. The number of likely N-dealkylation sites (tertiary alicyclic amines) is 1. The van der Waals surface area contributed by atoms with Crippen LogP contribution in [0.15, 0.2) is 65.7 Å². The van der Waals surface area contributed by atoms with Crippen molar-refractivity contribution < 1.29 is 19.1 Å². The molecule has 0 N–H and O–H groups in total. The molecule has 0 saturated carbocycles. The topological polar surface area (TPSA) is 55.8 Å². The van der Waals surface area contributed by atoms with E-state index < -0.39 is 5.92 Å². The standard InChI is InChI=1S/C28H33NO4.CH2Cl2/c1-5-33-28(31)23-15-18(2)19(3)25-24(16-20-9-7-6-8-10-20)29(27(30)26(23)25)17-21-11-13-22(32-4)14-12-21;2-1-3/h6-14,23-26H,5,15-17H2,1-4H3;1H2/t23-,24-,25-,26+;/m0./s1. The Morgan fingerprint density at radius 1 is 1.00 bits per heavy atom. The van der Waals surface area contributed by atoms with Crippen LogP contribution in [0, 0.1) is 17.8 Å². The van der Waals surface area contributed by atoms with Crippen LogP contribution in [-0.4, -0.2) is 41.9 Å². The fourth-order valence-corrected chi connectivity index (χ4v) is 5.52. The van der Waals surface area contributed by atoms with Gasteiger partial charge in [-0.2, -0.15) is 0 Å². The molecule has 1 fully saturated rings. The summed E-state index contributed by atoms with van der Waals surface area (Å²) in [4.78, 5) is 28.8. The smallest absolute Gasteiger partial charge is 0.310 e. The van der Waals surface area contributed by atoms with Gasteiger partial charge in [-0.3, -0.25) is 9.59 Å². The maximum Gasteiger partial charge on any atom is 0.310 e. The molecule has 2 aromatic carbocycles. The SMILES string of the molecule is CCOC(=O)[C@H]1CC(C)=C(C)[C@@H]2[C@@H]1C(=O)N(Cc1ccc(OC)cc1)[C@H]2Cc1ccccc1.ClCCl. The Morgan fingerprint density at radius 2 is 1.64 bits per heavy atom. The molecule has 1 aliphatic heterocycles. The van der Waals surface area contributed by atoms with E-state index in [4.69, 9.17) is 32.7 Å². The maximum absolute atomic E-state index is 13.9. The zero-order valence-electron chi connectivity index (χ0n) is 21.4. The predicted octanol–water partition coefficient (Wildman–Crippen LogP) is 6.22. The normalized spacial score (nSPS) is 23.1. The van der Waals surface area contributed by atoms with Gasteiger partial charge in [-0.05, 0) is 56.9 Å². The summed E-state index contributed by atoms with van der Waals surface area (Å²) in [5.74, 6) is -0.207. The lowest BCUT2D eigenvalue weighted by molar-refractivity contribution is -0.154. The Balaban J connectivity index is 0.00000115. The number of rotatable bonds is 7. The minimum Gasteiger partial charge on any atom is -0.497 e. The number of hydrogen-bond acceptors (Lipinski definition) is 4. The van der Waals surface area contributed by atoms with E-state index >= 15 is 0 Å². The molecule has 36 heavy (non-hydrogen) atoms. The van der Waals surface area contributed by atoms with Gasteiger partial charge in [0.1, 0.15) is 5.75 Å². The molecule has 2 aliphatic rings. The molecule has 0 aromatic heterocycles.